The summed E-state index contributed by atoms with van der Waals surface area (Å²) < 4.78 is 15.6. The van der Waals surface area contributed by atoms with Crippen molar-refractivity contribution in [2.75, 3.05) is 47.5 Å². The van der Waals surface area contributed by atoms with Gasteiger partial charge in [-0.15, -0.1) is 0 Å². The summed E-state index contributed by atoms with van der Waals surface area (Å²) in [5, 5.41) is 11.6. The summed E-state index contributed by atoms with van der Waals surface area (Å²) in [6.07, 6.45) is 0.781. The predicted octanol–water partition coefficient (Wildman–Crippen LogP) is 2.97. The molecule has 0 saturated carbocycles. The molecule has 1 fully saturated rings. The van der Waals surface area contributed by atoms with Crippen molar-refractivity contribution in [1.29, 1.82) is 0 Å². The topological polar surface area (TPSA) is 94.4 Å². The quantitative estimate of drug-likeness (QED) is 0.493. The Morgan fingerprint density at radius 1 is 0.968 bits per heavy atom. The number of carbonyl (C=O) groups excluding carboxylic acids is 1. The Hall–Kier alpha value is -3.33. The zero-order chi connectivity index (χ0) is 22.4. The molecule has 1 saturated heterocycles. The van der Waals surface area contributed by atoms with Crippen molar-refractivity contribution < 1.29 is 23.9 Å². The number of nitro benzene ring substituents is 1. The van der Waals surface area contributed by atoms with Gasteiger partial charge in [0.1, 0.15) is 11.3 Å². The van der Waals surface area contributed by atoms with Crippen LogP contribution < -0.4 is 14.2 Å². The number of hydrogen-bond acceptors (Lipinski definition) is 7. The molecular weight excluding hydrogens is 402 g/mol. The second-order valence-electron chi connectivity index (χ2n) is 7.25. The first-order valence-corrected chi connectivity index (χ1v) is 10.0. The van der Waals surface area contributed by atoms with Gasteiger partial charge in [0.2, 0.25) is 0 Å². The molecule has 9 nitrogen and oxygen atoms in total. The summed E-state index contributed by atoms with van der Waals surface area (Å²) in [7, 11) is 4.47. The highest BCUT2D eigenvalue weighted by Gasteiger charge is 2.29. The molecule has 0 aliphatic carbocycles. The standard InChI is InChI=1S/C22H27N3O6/c1-29-17-7-5-16(6-8-17)15-23-9-4-10-24(12-11-23)22(26)18-13-20(30-2)21(31-3)14-19(18)25(27)28/h5-8,13-14H,4,9-12,15H2,1-3H3. The molecule has 166 valence electrons. The summed E-state index contributed by atoms with van der Waals surface area (Å²) in [6, 6.07) is 10.5. The molecule has 0 N–H and O–H groups in total. The molecule has 0 bridgehead atoms. The number of amides is 1. The van der Waals surface area contributed by atoms with Crippen LogP contribution in [-0.2, 0) is 6.54 Å². The molecule has 2 aromatic carbocycles. The molecule has 0 spiro atoms. The third kappa shape index (κ3) is 5.24. The van der Waals surface area contributed by atoms with E-state index in [2.05, 4.69) is 4.90 Å². The van der Waals surface area contributed by atoms with Crippen LogP contribution in [0.15, 0.2) is 36.4 Å². The molecule has 3 rings (SSSR count). The first-order chi connectivity index (χ1) is 15.0. The van der Waals surface area contributed by atoms with Gasteiger partial charge in [0.05, 0.1) is 32.3 Å². The molecule has 0 unspecified atom stereocenters. The number of methoxy groups -OCH3 is 3. The third-order valence-corrected chi connectivity index (χ3v) is 5.37. The number of hydrogen-bond donors (Lipinski definition) is 0. The highest BCUT2D eigenvalue weighted by atomic mass is 16.6. The fraction of sp³-hybridized carbons (Fsp3) is 0.409. The minimum atomic E-state index is -0.566. The van der Waals surface area contributed by atoms with Crippen molar-refractivity contribution in [3.05, 3.63) is 57.6 Å². The van der Waals surface area contributed by atoms with Crippen LogP contribution >= 0.6 is 0 Å². The van der Waals surface area contributed by atoms with Crippen LogP contribution in [-0.4, -0.2) is 68.1 Å². The normalized spacial score (nSPS) is 14.6. The minimum absolute atomic E-state index is 0.00579. The Morgan fingerprint density at radius 3 is 2.26 bits per heavy atom. The summed E-state index contributed by atoms with van der Waals surface area (Å²) in [6.45, 7) is 3.30. The molecule has 0 aromatic heterocycles. The lowest BCUT2D eigenvalue weighted by Gasteiger charge is -2.22. The number of carbonyl (C=O) groups is 1. The van der Waals surface area contributed by atoms with E-state index in [1.54, 1.807) is 12.0 Å². The number of ether oxygens (including phenoxy) is 3. The van der Waals surface area contributed by atoms with Crippen LogP contribution in [0.5, 0.6) is 17.2 Å². The van der Waals surface area contributed by atoms with Gasteiger partial charge in [0.15, 0.2) is 11.5 Å². The summed E-state index contributed by atoms with van der Waals surface area (Å²) >= 11 is 0. The van der Waals surface area contributed by atoms with Gasteiger partial charge in [-0.2, -0.15) is 0 Å². The second-order valence-corrected chi connectivity index (χ2v) is 7.25. The van der Waals surface area contributed by atoms with Gasteiger partial charge in [-0.25, -0.2) is 0 Å². The Labute approximate surface area is 181 Å². The highest BCUT2D eigenvalue weighted by molar-refractivity contribution is 5.99. The smallest absolute Gasteiger partial charge is 0.286 e. The maximum absolute atomic E-state index is 13.2. The van der Waals surface area contributed by atoms with Crippen LogP contribution in [0.25, 0.3) is 0 Å². The average Bonchev–Trinajstić information content (AvgIpc) is 3.03. The van der Waals surface area contributed by atoms with Crippen LogP contribution in [0.2, 0.25) is 0 Å². The predicted molar refractivity (Wildman–Crippen MR) is 115 cm³/mol. The maximum Gasteiger partial charge on any atom is 0.286 e. The average molecular weight is 429 g/mol. The lowest BCUT2D eigenvalue weighted by Crippen LogP contribution is -2.35. The van der Waals surface area contributed by atoms with E-state index in [4.69, 9.17) is 14.2 Å². The third-order valence-electron chi connectivity index (χ3n) is 5.37. The first-order valence-electron chi connectivity index (χ1n) is 10.0. The fourth-order valence-electron chi connectivity index (χ4n) is 3.68. The van der Waals surface area contributed by atoms with E-state index in [0.29, 0.717) is 19.6 Å². The SMILES string of the molecule is COc1ccc(CN2CCCN(C(=O)c3cc(OC)c(OC)cc3[N+](=O)[O-])CC2)cc1. The van der Waals surface area contributed by atoms with E-state index in [-0.39, 0.29) is 28.7 Å². The Balaban J connectivity index is 1.73. The zero-order valence-corrected chi connectivity index (χ0v) is 18.0. The number of nitro groups is 1. The largest absolute Gasteiger partial charge is 0.497 e. The minimum Gasteiger partial charge on any atom is -0.497 e. The Morgan fingerprint density at radius 2 is 1.65 bits per heavy atom. The Kier molecular flexibility index (Phi) is 7.30. The number of rotatable bonds is 7. The van der Waals surface area contributed by atoms with Gasteiger partial charge in [-0.3, -0.25) is 19.8 Å². The molecule has 9 heteroatoms. The number of benzene rings is 2. The van der Waals surface area contributed by atoms with Crippen molar-refractivity contribution >= 4 is 11.6 Å². The lowest BCUT2D eigenvalue weighted by atomic mass is 10.1. The van der Waals surface area contributed by atoms with Crippen LogP contribution in [0, 0.1) is 10.1 Å². The second kappa shape index (κ2) is 10.1. The van der Waals surface area contributed by atoms with E-state index in [0.717, 1.165) is 30.8 Å². The monoisotopic (exact) mass is 429 g/mol. The van der Waals surface area contributed by atoms with E-state index in [1.807, 2.05) is 24.3 Å². The molecule has 0 atom stereocenters. The molecule has 1 amide bonds. The summed E-state index contributed by atoms with van der Waals surface area (Å²) in [4.78, 5) is 28.1. The summed E-state index contributed by atoms with van der Waals surface area (Å²) in [5.74, 6) is 0.937. The van der Waals surface area contributed by atoms with Gasteiger partial charge < -0.3 is 19.1 Å². The van der Waals surface area contributed by atoms with Crippen molar-refractivity contribution in [3.63, 3.8) is 0 Å². The van der Waals surface area contributed by atoms with Gasteiger partial charge in [0, 0.05) is 38.8 Å². The van der Waals surface area contributed by atoms with E-state index in [9.17, 15) is 14.9 Å². The van der Waals surface area contributed by atoms with E-state index < -0.39 is 4.92 Å². The van der Waals surface area contributed by atoms with Gasteiger partial charge in [-0.05, 0) is 24.1 Å². The maximum atomic E-state index is 13.2. The van der Waals surface area contributed by atoms with Crippen molar-refractivity contribution in [1.82, 2.24) is 9.80 Å². The van der Waals surface area contributed by atoms with Gasteiger partial charge in [0.25, 0.3) is 11.6 Å². The van der Waals surface area contributed by atoms with Crippen molar-refractivity contribution in [2.45, 2.75) is 13.0 Å². The summed E-state index contributed by atoms with van der Waals surface area (Å²) in [5.41, 5.74) is 0.879. The highest BCUT2D eigenvalue weighted by Crippen LogP contribution is 2.35. The molecule has 1 aliphatic rings. The first kappa shape index (κ1) is 22.4. The molecule has 1 heterocycles. The fourth-order valence-corrected chi connectivity index (χ4v) is 3.68. The van der Waals surface area contributed by atoms with Crippen molar-refractivity contribution in [3.8, 4) is 17.2 Å². The Bertz CT molecular complexity index is 932. The molecule has 0 radical (unpaired) electrons. The molecular formula is C22H27N3O6. The van der Waals surface area contributed by atoms with Gasteiger partial charge >= 0.3 is 0 Å². The van der Waals surface area contributed by atoms with Crippen LogP contribution in [0.4, 0.5) is 5.69 Å². The van der Waals surface area contributed by atoms with E-state index >= 15 is 0 Å². The van der Waals surface area contributed by atoms with E-state index in [1.165, 1.54) is 26.4 Å². The number of nitrogens with zero attached hydrogens (tertiary/aromatic N) is 3. The van der Waals surface area contributed by atoms with Crippen molar-refractivity contribution in [2.24, 2.45) is 0 Å². The van der Waals surface area contributed by atoms with Crippen LogP contribution in [0.3, 0.4) is 0 Å². The molecule has 2 aromatic rings. The molecule has 1 aliphatic heterocycles. The zero-order valence-electron chi connectivity index (χ0n) is 18.0. The molecule has 31 heavy (non-hydrogen) atoms. The van der Waals surface area contributed by atoms with Gasteiger partial charge in [-0.1, -0.05) is 12.1 Å². The van der Waals surface area contributed by atoms with Crippen LogP contribution in [0.1, 0.15) is 22.3 Å². The lowest BCUT2D eigenvalue weighted by molar-refractivity contribution is -0.385.